The topological polar surface area (TPSA) is 6.48 Å². The third kappa shape index (κ3) is 4.60. The van der Waals surface area contributed by atoms with Gasteiger partial charge in [0.05, 0.1) is 0 Å². The van der Waals surface area contributed by atoms with Crippen molar-refractivity contribution in [3.8, 4) is 0 Å². The molecule has 0 radical (unpaired) electrons. The van der Waals surface area contributed by atoms with Crippen molar-refractivity contribution in [1.82, 2.24) is 9.80 Å². The van der Waals surface area contributed by atoms with E-state index in [0.29, 0.717) is 6.04 Å². The van der Waals surface area contributed by atoms with Crippen LogP contribution in [0.15, 0.2) is 60.0 Å². The Hall–Kier alpha value is -1.68. The van der Waals surface area contributed by atoms with Gasteiger partial charge in [0.1, 0.15) is 0 Å². The minimum absolute atomic E-state index is 0.541. The molecule has 0 amide bonds. The highest BCUT2D eigenvalue weighted by molar-refractivity contribution is 7.17. The molecule has 27 heavy (non-hydrogen) atoms. The van der Waals surface area contributed by atoms with Crippen LogP contribution >= 0.6 is 11.3 Å². The molecule has 0 aliphatic carbocycles. The van der Waals surface area contributed by atoms with Crippen molar-refractivity contribution < 1.29 is 0 Å². The summed E-state index contributed by atoms with van der Waals surface area (Å²) in [6.07, 6.45) is 5.28. The Bertz CT molecular complexity index is 836. The van der Waals surface area contributed by atoms with Gasteiger partial charge in [-0.15, -0.1) is 11.3 Å². The summed E-state index contributed by atoms with van der Waals surface area (Å²) in [5.41, 5.74) is 2.95. The molecule has 2 heterocycles. The molecule has 1 fully saturated rings. The second-order valence-electron chi connectivity index (χ2n) is 7.81. The number of piperidine rings is 1. The lowest BCUT2D eigenvalue weighted by Gasteiger charge is -2.35. The first-order valence-corrected chi connectivity index (χ1v) is 11.1. The monoisotopic (exact) mass is 378 g/mol. The SMILES string of the molecule is CN(CCC(c1csc2ccccc12)N1CCCCC1)Cc1ccccc1. The van der Waals surface area contributed by atoms with Gasteiger partial charge in [-0.1, -0.05) is 55.0 Å². The summed E-state index contributed by atoms with van der Waals surface area (Å²) in [4.78, 5) is 5.22. The zero-order valence-corrected chi connectivity index (χ0v) is 17.1. The smallest absolute Gasteiger partial charge is 0.0374 e. The predicted molar refractivity (Wildman–Crippen MR) is 117 cm³/mol. The van der Waals surface area contributed by atoms with Crippen molar-refractivity contribution in [2.45, 2.75) is 38.3 Å². The summed E-state index contributed by atoms with van der Waals surface area (Å²) in [5, 5.41) is 3.88. The number of thiophene rings is 1. The minimum atomic E-state index is 0.541. The van der Waals surface area contributed by atoms with Crippen molar-refractivity contribution >= 4 is 21.4 Å². The van der Waals surface area contributed by atoms with E-state index >= 15 is 0 Å². The van der Waals surface area contributed by atoms with Crippen LogP contribution in [-0.4, -0.2) is 36.5 Å². The van der Waals surface area contributed by atoms with Crippen LogP contribution in [0.25, 0.3) is 10.1 Å². The Morgan fingerprint density at radius 1 is 0.963 bits per heavy atom. The van der Waals surface area contributed by atoms with E-state index in [-0.39, 0.29) is 0 Å². The number of hydrogen-bond donors (Lipinski definition) is 0. The molecule has 1 atom stereocenters. The molecule has 2 aromatic carbocycles. The summed E-state index contributed by atoms with van der Waals surface area (Å²) >= 11 is 1.90. The fraction of sp³-hybridized carbons (Fsp3) is 0.417. The molecule has 1 unspecified atom stereocenters. The van der Waals surface area contributed by atoms with Crippen LogP contribution in [0, 0.1) is 0 Å². The molecule has 1 aromatic heterocycles. The molecule has 1 saturated heterocycles. The maximum atomic E-state index is 2.74. The van der Waals surface area contributed by atoms with Gasteiger partial charge >= 0.3 is 0 Å². The van der Waals surface area contributed by atoms with E-state index in [1.807, 2.05) is 11.3 Å². The van der Waals surface area contributed by atoms with Gasteiger partial charge in [-0.05, 0) is 73.9 Å². The Labute approximate surface area is 167 Å². The average molecular weight is 379 g/mol. The highest BCUT2D eigenvalue weighted by Gasteiger charge is 2.24. The quantitative estimate of drug-likeness (QED) is 0.501. The van der Waals surface area contributed by atoms with E-state index in [9.17, 15) is 0 Å². The van der Waals surface area contributed by atoms with Crippen LogP contribution < -0.4 is 0 Å². The molecule has 2 nitrogen and oxygen atoms in total. The Balaban J connectivity index is 1.50. The fourth-order valence-corrected chi connectivity index (χ4v) is 5.35. The van der Waals surface area contributed by atoms with Crippen molar-refractivity contribution in [2.24, 2.45) is 0 Å². The number of rotatable bonds is 7. The summed E-state index contributed by atoms with van der Waals surface area (Å²) in [6, 6.07) is 20.3. The van der Waals surface area contributed by atoms with Gasteiger partial charge in [0.15, 0.2) is 0 Å². The summed E-state index contributed by atoms with van der Waals surface area (Å²) in [5.74, 6) is 0. The standard InChI is InChI=1S/C24H30N2S/c1-25(18-20-10-4-2-5-11-20)17-14-23(26-15-8-3-9-16-26)22-19-27-24-13-7-6-12-21(22)24/h2,4-7,10-13,19,23H,3,8-9,14-18H2,1H3. The number of nitrogens with zero attached hydrogens (tertiary/aromatic N) is 2. The number of fused-ring (bicyclic) bond motifs is 1. The van der Waals surface area contributed by atoms with Gasteiger partial charge in [0.2, 0.25) is 0 Å². The lowest BCUT2D eigenvalue weighted by atomic mass is 9.98. The first-order valence-electron chi connectivity index (χ1n) is 10.2. The molecule has 142 valence electrons. The highest BCUT2D eigenvalue weighted by atomic mass is 32.1. The zero-order chi connectivity index (χ0) is 18.5. The van der Waals surface area contributed by atoms with E-state index in [0.717, 1.165) is 13.1 Å². The van der Waals surface area contributed by atoms with Crippen LogP contribution in [0.3, 0.4) is 0 Å². The molecule has 0 spiro atoms. The van der Waals surface area contributed by atoms with Crippen LogP contribution in [0.2, 0.25) is 0 Å². The lowest BCUT2D eigenvalue weighted by Crippen LogP contribution is -2.35. The van der Waals surface area contributed by atoms with E-state index in [2.05, 4.69) is 76.8 Å². The van der Waals surface area contributed by atoms with Crippen molar-refractivity contribution in [2.75, 3.05) is 26.7 Å². The third-order valence-corrected chi connectivity index (χ3v) is 6.76. The van der Waals surface area contributed by atoms with Gasteiger partial charge in [0, 0.05) is 17.3 Å². The zero-order valence-electron chi connectivity index (χ0n) is 16.3. The summed E-state index contributed by atoms with van der Waals surface area (Å²) in [6.45, 7) is 4.65. The highest BCUT2D eigenvalue weighted by Crippen LogP contribution is 2.36. The number of hydrogen-bond acceptors (Lipinski definition) is 3. The summed E-state index contributed by atoms with van der Waals surface area (Å²) in [7, 11) is 2.26. The second kappa shape index (κ2) is 9.01. The molecule has 1 aliphatic heterocycles. The normalized spacial score (nSPS) is 16.8. The van der Waals surface area contributed by atoms with E-state index in [1.165, 1.54) is 54.4 Å². The van der Waals surface area contributed by atoms with Gasteiger partial charge in [-0.2, -0.15) is 0 Å². The Morgan fingerprint density at radius 3 is 2.52 bits per heavy atom. The van der Waals surface area contributed by atoms with Gasteiger partial charge in [0.25, 0.3) is 0 Å². The van der Waals surface area contributed by atoms with Gasteiger partial charge < -0.3 is 4.90 Å². The van der Waals surface area contributed by atoms with Gasteiger partial charge in [-0.3, -0.25) is 4.90 Å². The summed E-state index contributed by atoms with van der Waals surface area (Å²) < 4.78 is 1.42. The molecule has 3 aromatic rings. The van der Waals surface area contributed by atoms with Crippen molar-refractivity contribution in [1.29, 1.82) is 0 Å². The maximum Gasteiger partial charge on any atom is 0.0374 e. The molecular weight excluding hydrogens is 348 g/mol. The number of likely N-dealkylation sites (tertiary alicyclic amines) is 1. The second-order valence-corrected chi connectivity index (χ2v) is 8.72. The first kappa shape index (κ1) is 18.7. The Kier molecular flexibility index (Phi) is 6.23. The predicted octanol–water partition coefficient (Wildman–Crippen LogP) is 5.95. The lowest BCUT2D eigenvalue weighted by molar-refractivity contribution is 0.144. The van der Waals surface area contributed by atoms with Crippen LogP contribution in [0.5, 0.6) is 0 Å². The fourth-order valence-electron chi connectivity index (χ4n) is 4.34. The third-order valence-electron chi connectivity index (χ3n) is 5.78. The minimum Gasteiger partial charge on any atom is -0.302 e. The van der Waals surface area contributed by atoms with Crippen LogP contribution in [0.1, 0.15) is 42.9 Å². The molecule has 1 aliphatic rings. The largest absolute Gasteiger partial charge is 0.302 e. The maximum absolute atomic E-state index is 2.74. The van der Waals surface area contributed by atoms with Crippen LogP contribution in [-0.2, 0) is 6.54 Å². The van der Waals surface area contributed by atoms with E-state index in [1.54, 1.807) is 5.56 Å². The van der Waals surface area contributed by atoms with E-state index < -0.39 is 0 Å². The number of benzene rings is 2. The Morgan fingerprint density at radius 2 is 1.70 bits per heavy atom. The van der Waals surface area contributed by atoms with Gasteiger partial charge in [-0.25, -0.2) is 0 Å². The average Bonchev–Trinajstić information content (AvgIpc) is 3.14. The van der Waals surface area contributed by atoms with Crippen molar-refractivity contribution in [3.05, 3.63) is 71.1 Å². The molecule has 0 saturated carbocycles. The first-order chi connectivity index (χ1) is 13.3. The molecule has 3 heteroatoms. The van der Waals surface area contributed by atoms with Crippen LogP contribution in [0.4, 0.5) is 0 Å². The molecule has 4 rings (SSSR count). The molecule has 0 N–H and O–H groups in total. The van der Waals surface area contributed by atoms with Crippen molar-refractivity contribution in [3.63, 3.8) is 0 Å². The molecular formula is C24H30N2S. The molecule has 0 bridgehead atoms. The van der Waals surface area contributed by atoms with E-state index in [4.69, 9.17) is 0 Å².